The van der Waals surface area contributed by atoms with E-state index in [0.717, 1.165) is 22.6 Å². The largest absolute Gasteiger partial charge is 0.493 e. The van der Waals surface area contributed by atoms with Crippen molar-refractivity contribution in [2.75, 3.05) is 19.5 Å². The number of anilines is 1. The maximum Gasteiger partial charge on any atom is 0.186 e. The lowest BCUT2D eigenvalue weighted by Crippen LogP contribution is -2.25. The summed E-state index contributed by atoms with van der Waals surface area (Å²) >= 11 is 0. The van der Waals surface area contributed by atoms with Gasteiger partial charge in [-0.25, -0.2) is 0 Å². The first-order valence-electron chi connectivity index (χ1n) is 7.17. The average Bonchev–Trinajstić information content (AvgIpc) is 3.10. The molecular weight excluding hydrogens is 294 g/mol. The van der Waals surface area contributed by atoms with Gasteiger partial charge in [0.2, 0.25) is 0 Å². The predicted octanol–water partition coefficient (Wildman–Crippen LogP) is 2.33. The van der Waals surface area contributed by atoms with Crippen molar-refractivity contribution in [3.63, 3.8) is 0 Å². The van der Waals surface area contributed by atoms with Crippen LogP contribution in [0.5, 0.6) is 11.5 Å². The van der Waals surface area contributed by atoms with Crippen LogP contribution in [-0.4, -0.2) is 34.4 Å². The fourth-order valence-corrected chi connectivity index (χ4v) is 2.80. The van der Waals surface area contributed by atoms with E-state index >= 15 is 0 Å². The van der Waals surface area contributed by atoms with Crippen molar-refractivity contribution in [1.29, 1.82) is 0 Å². The molecular formula is C16H15N5O2. The monoisotopic (exact) mass is 309 g/mol. The summed E-state index contributed by atoms with van der Waals surface area (Å²) in [4.78, 5) is 0. The molecule has 0 saturated heterocycles. The SMILES string of the molecule is COc1ccc([C@@H]2Nc3ccccc3-c3nnnn32)cc1OC. The number of rotatable bonds is 3. The van der Waals surface area contributed by atoms with Crippen LogP contribution in [0.1, 0.15) is 11.7 Å². The van der Waals surface area contributed by atoms with Gasteiger partial charge in [0, 0.05) is 16.8 Å². The van der Waals surface area contributed by atoms with Gasteiger partial charge in [0.05, 0.1) is 14.2 Å². The van der Waals surface area contributed by atoms with Crippen LogP contribution < -0.4 is 14.8 Å². The summed E-state index contributed by atoms with van der Waals surface area (Å²) in [5, 5.41) is 15.6. The lowest BCUT2D eigenvalue weighted by atomic mass is 10.1. The second kappa shape index (κ2) is 5.28. The summed E-state index contributed by atoms with van der Waals surface area (Å²) < 4.78 is 12.5. The second-order valence-electron chi connectivity index (χ2n) is 5.15. The molecule has 116 valence electrons. The van der Waals surface area contributed by atoms with E-state index in [0.29, 0.717) is 11.5 Å². The van der Waals surface area contributed by atoms with Crippen LogP contribution >= 0.6 is 0 Å². The molecule has 7 heteroatoms. The standard InChI is InChI=1S/C16H15N5O2/c1-22-13-8-7-10(9-14(13)23-2)15-17-12-6-4-3-5-11(12)16-18-19-20-21(15)16/h3-9,15,17H,1-2H3/t15-/m1/s1. The molecule has 4 rings (SSSR count). The quantitative estimate of drug-likeness (QED) is 0.800. The molecule has 0 unspecified atom stereocenters. The zero-order valence-corrected chi connectivity index (χ0v) is 12.7. The number of ether oxygens (including phenoxy) is 2. The number of para-hydroxylation sites is 1. The molecule has 1 aliphatic heterocycles. The van der Waals surface area contributed by atoms with Gasteiger partial charge in [-0.2, -0.15) is 4.68 Å². The Morgan fingerprint density at radius 3 is 2.70 bits per heavy atom. The minimum Gasteiger partial charge on any atom is -0.493 e. The fraction of sp³-hybridized carbons (Fsp3) is 0.188. The Hall–Kier alpha value is -3.09. The van der Waals surface area contributed by atoms with Crippen molar-refractivity contribution in [2.24, 2.45) is 0 Å². The zero-order valence-electron chi connectivity index (χ0n) is 12.7. The summed E-state index contributed by atoms with van der Waals surface area (Å²) in [7, 11) is 3.24. The molecule has 23 heavy (non-hydrogen) atoms. The van der Waals surface area contributed by atoms with Gasteiger partial charge in [-0.3, -0.25) is 0 Å². The van der Waals surface area contributed by atoms with E-state index < -0.39 is 0 Å². The molecule has 0 bridgehead atoms. The van der Waals surface area contributed by atoms with Crippen LogP contribution in [0, 0.1) is 0 Å². The highest BCUT2D eigenvalue weighted by Crippen LogP contribution is 2.38. The van der Waals surface area contributed by atoms with Crippen LogP contribution in [0.25, 0.3) is 11.4 Å². The van der Waals surface area contributed by atoms with E-state index in [4.69, 9.17) is 9.47 Å². The number of aromatic nitrogens is 4. The molecule has 0 aliphatic carbocycles. The first-order chi connectivity index (χ1) is 11.3. The Morgan fingerprint density at radius 2 is 1.87 bits per heavy atom. The molecule has 1 aromatic heterocycles. The van der Waals surface area contributed by atoms with Crippen LogP contribution in [-0.2, 0) is 0 Å². The van der Waals surface area contributed by atoms with Gasteiger partial charge < -0.3 is 14.8 Å². The molecule has 0 radical (unpaired) electrons. The fourth-order valence-electron chi connectivity index (χ4n) is 2.80. The van der Waals surface area contributed by atoms with Crippen LogP contribution in [0.15, 0.2) is 42.5 Å². The van der Waals surface area contributed by atoms with E-state index in [1.165, 1.54) is 0 Å². The molecule has 1 N–H and O–H groups in total. The third-order valence-corrected chi connectivity index (χ3v) is 3.92. The topological polar surface area (TPSA) is 74.1 Å². The zero-order chi connectivity index (χ0) is 15.8. The minimum atomic E-state index is -0.213. The highest BCUT2D eigenvalue weighted by molar-refractivity contribution is 5.76. The normalized spacial score (nSPS) is 15.3. The van der Waals surface area contributed by atoms with Crippen LogP contribution in [0.3, 0.4) is 0 Å². The van der Waals surface area contributed by atoms with Crippen molar-refractivity contribution in [2.45, 2.75) is 6.17 Å². The lowest BCUT2D eigenvalue weighted by Gasteiger charge is -2.27. The number of hydrogen-bond donors (Lipinski definition) is 1. The van der Waals surface area contributed by atoms with Crippen molar-refractivity contribution < 1.29 is 9.47 Å². The van der Waals surface area contributed by atoms with Crippen LogP contribution in [0.4, 0.5) is 5.69 Å². The molecule has 2 aromatic carbocycles. The van der Waals surface area contributed by atoms with E-state index in [1.54, 1.807) is 18.9 Å². The highest BCUT2D eigenvalue weighted by Gasteiger charge is 2.27. The summed E-state index contributed by atoms with van der Waals surface area (Å²) in [5.41, 5.74) is 2.95. The van der Waals surface area contributed by atoms with Gasteiger partial charge in [0.25, 0.3) is 0 Å². The van der Waals surface area contributed by atoms with Gasteiger partial charge in [-0.1, -0.05) is 18.2 Å². The first-order valence-corrected chi connectivity index (χ1v) is 7.17. The Morgan fingerprint density at radius 1 is 1.04 bits per heavy atom. The Bertz CT molecular complexity index is 861. The lowest BCUT2D eigenvalue weighted by molar-refractivity contribution is 0.354. The molecule has 0 spiro atoms. The van der Waals surface area contributed by atoms with Crippen molar-refractivity contribution in [3.05, 3.63) is 48.0 Å². The Labute approximate surface area is 132 Å². The molecule has 2 heterocycles. The Balaban J connectivity index is 1.83. The Kier molecular flexibility index (Phi) is 3.11. The van der Waals surface area contributed by atoms with Gasteiger partial charge in [0.15, 0.2) is 23.5 Å². The number of nitrogens with zero attached hydrogens (tertiary/aromatic N) is 4. The van der Waals surface area contributed by atoms with Crippen molar-refractivity contribution >= 4 is 5.69 Å². The molecule has 3 aromatic rings. The molecule has 1 aliphatic rings. The maximum atomic E-state index is 5.39. The molecule has 0 saturated carbocycles. The maximum absolute atomic E-state index is 5.39. The molecule has 7 nitrogen and oxygen atoms in total. The third-order valence-electron chi connectivity index (χ3n) is 3.92. The van der Waals surface area contributed by atoms with E-state index in [-0.39, 0.29) is 6.17 Å². The summed E-state index contributed by atoms with van der Waals surface area (Å²) in [6, 6.07) is 13.7. The van der Waals surface area contributed by atoms with E-state index in [1.807, 2.05) is 42.5 Å². The number of tetrazole rings is 1. The first kappa shape index (κ1) is 13.6. The van der Waals surface area contributed by atoms with Crippen LogP contribution in [0.2, 0.25) is 0 Å². The number of benzene rings is 2. The number of methoxy groups -OCH3 is 2. The summed E-state index contributed by atoms with van der Waals surface area (Å²) in [6.45, 7) is 0. The average molecular weight is 309 g/mol. The molecule has 0 fully saturated rings. The van der Waals surface area contributed by atoms with E-state index in [2.05, 4.69) is 20.8 Å². The number of fused-ring (bicyclic) bond motifs is 3. The number of hydrogen-bond acceptors (Lipinski definition) is 6. The summed E-state index contributed by atoms with van der Waals surface area (Å²) in [5.74, 6) is 2.09. The van der Waals surface area contributed by atoms with Gasteiger partial charge in [-0.15, -0.1) is 5.10 Å². The van der Waals surface area contributed by atoms with Gasteiger partial charge in [-0.05, 0) is 34.7 Å². The number of nitrogens with one attached hydrogen (secondary N) is 1. The molecule has 0 amide bonds. The van der Waals surface area contributed by atoms with Crippen molar-refractivity contribution in [1.82, 2.24) is 20.2 Å². The van der Waals surface area contributed by atoms with Gasteiger partial charge >= 0.3 is 0 Å². The van der Waals surface area contributed by atoms with E-state index in [9.17, 15) is 0 Å². The smallest absolute Gasteiger partial charge is 0.186 e. The summed E-state index contributed by atoms with van der Waals surface area (Å²) in [6.07, 6.45) is -0.213. The third kappa shape index (κ3) is 2.09. The van der Waals surface area contributed by atoms with Gasteiger partial charge in [0.1, 0.15) is 0 Å². The highest BCUT2D eigenvalue weighted by atomic mass is 16.5. The second-order valence-corrected chi connectivity index (χ2v) is 5.15. The molecule has 1 atom stereocenters. The minimum absolute atomic E-state index is 0.213. The predicted molar refractivity (Wildman–Crippen MR) is 84.6 cm³/mol. The van der Waals surface area contributed by atoms with Crippen molar-refractivity contribution in [3.8, 4) is 22.9 Å².